The molecule has 2 heterocycles. The van der Waals surface area contributed by atoms with Crippen LogP contribution >= 0.6 is 0 Å². The number of hydrogen-bond acceptors (Lipinski definition) is 4. The second-order valence-electron chi connectivity index (χ2n) is 4.17. The number of ether oxygens (including phenoxy) is 2. The third-order valence-electron chi connectivity index (χ3n) is 2.81. The van der Waals surface area contributed by atoms with E-state index in [4.69, 9.17) is 9.47 Å². The summed E-state index contributed by atoms with van der Waals surface area (Å²) in [5.74, 6) is 0.247. The van der Waals surface area contributed by atoms with Crippen LogP contribution in [-0.2, 0) is 9.47 Å². The van der Waals surface area contributed by atoms with Crippen molar-refractivity contribution in [2.24, 2.45) is 5.92 Å². The molecule has 2 fully saturated rings. The summed E-state index contributed by atoms with van der Waals surface area (Å²) in [6.07, 6.45) is -2.04. The lowest BCUT2D eigenvalue weighted by Crippen LogP contribution is -2.34. The Morgan fingerprint density at radius 2 is 1.92 bits per heavy atom. The van der Waals surface area contributed by atoms with Crippen molar-refractivity contribution in [3.63, 3.8) is 0 Å². The molecule has 0 aromatic rings. The van der Waals surface area contributed by atoms with E-state index >= 15 is 0 Å². The minimum Gasteiger partial charge on any atom is -0.388 e. The third-order valence-corrected chi connectivity index (χ3v) is 2.81. The van der Waals surface area contributed by atoms with Crippen molar-refractivity contribution in [1.29, 1.82) is 0 Å². The number of aliphatic hydroxyl groups excluding tert-OH is 2. The fraction of sp³-hybridized carbons (Fsp3) is 1.00. The number of fused-ring (bicyclic) bond motifs is 1. The maximum absolute atomic E-state index is 9.79. The molecule has 0 radical (unpaired) electrons. The summed E-state index contributed by atoms with van der Waals surface area (Å²) < 4.78 is 10.8. The second kappa shape index (κ2) is 3.20. The van der Waals surface area contributed by atoms with E-state index in [-0.39, 0.29) is 30.8 Å². The van der Waals surface area contributed by atoms with Gasteiger partial charge in [0.05, 0.1) is 12.7 Å². The molecule has 4 nitrogen and oxygen atoms in total. The highest BCUT2D eigenvalue weighted by Gasteiger charge is 2.52. The van der Waals surface area contributed by atoms with Crippen LogP contribution in [0.3, 0.4) is 0 Å². The highest BCUT2D eigenvalue weighted by atomic mass is 16.6. The van der Waals surface area contributed by atoms with Gasteiger partial charge in [-0.05, 0) is 5.92 Å². The molecule has 2 N–H and O–H groups in total. The fourth-order valence-corrected chi connectivity index (χ4v) is 2.08. The molecular formula is C9H16O4. The average Bonchev–Trinajstić information content (AvgIpc) is 2.55. The molecule has 76 valence electrons. The lowest BCUT2D eigenvalue weighted by atomic mass is 9.99. The Hall–Kier alpha value is -0.160. The van der Waals surface area contributed by atoms with Gasteiger partial charge >= 0.3 is 0 Å². The Bertz CT molecular complexity index is 192. The molecule has 5 atom stereocenters. The maximum atomic E-state index is 9.79. The summed E-state index contributed by atoms with van der Waals surface area (Å²) in [7, 11) is 0. The zero-order valence-electron chi connectivity index (χ0n) is 7.88. The molecule has 2 aliphatic rings. The van der Waals surface area contributed by atoms with Crippen molar-refractivity contribution in [2.75, 3.05) is 6.61 Å². The summed E-state index contributed by atoms with van der Waals surface area (Å²) in [4.78, 5) is 0. The molecule has 1 unspecified atom stereocenters. The molecular weight excluding hydrogens is 172 g/mol. The number of aliphatic hydroxyl groups is 2. The van der Waals surface area contributed by atoms with E-state index in [9.17, 15) is 10.2 Å². The summed E-state index contributed by atoms with van der Waals surface area (Å²) in [5, 5.41) is 19.2. The van der Waals surface area contributed by atoms with Crippen LogP contribution in [0.15, 0.2) is 0 Å². The predicted molar refractivity (Wildman–Crippen MR) is 45.3 cm³/mol. The molecule has 13 heavy (non-hydrogen) atoms. The van der Waals surface area contributed by atoms with Gasteiger partial charge in [-0.1, -0.05) is 13.8 Å². The topological polar surface area (TPSA) is 58.9 Å². The van der Waals surface area contributed by atoms with Crippen LogP contribution in [0.4, 0.5) is 0 Å². The Kier molecular flexibility index (Phi) is 2.32. The SMILES string of the molecule is CC(C)C1O[C@H]2[C@H](OC[C@H]2O)[C@H]1O. The normalized spacial score (nSPS) is 50.1. The van der Waals surface area contributed by atoms with Crippen LogP contribution < -0.4 is 0 Å². The van der Waals surface area contributed by atoms with Crippen LogP contribution in [0, 0.1) is 5.92 Å². The molecule has 2 aliphatic heterocycles. The first-order chi connectivity index (χ1) is 6.11. The highest BCUT2D eigenvalue weighted by Crippen LogP contribution is 2.33. The van der Waals surface area contributed by atoms with Crippen molar-refractivity contribution in [3.05, 3.63) is 0 Å². The zero-order valence-corrected chi connectivity index (χ0v) is 7.88. The molecule has 2 saturated heterocycles. The van der Waals surface area contributed by atoms with Crippen molar-refractivity contribution in [2.45, 2.75) is 44.4 Å². The molecule has 0 saturated carbocycles. The van der Waals surface area contributed by atoms with E-state index < -0.39 is 12.2 Å². The highest BCUT2D eigenvalue weighted by molar-refractivity contribution is 4.99. The van der Waals surface area contributed by atoms with Gasteiger partial charge in [0.2, 0.25) is 0 Å². The van der Waals surface area contributed by atoms with Gasteiger partial charge < -0.3 is 19.7 Å². The van der Waals surface area contributed by atoms with Crippen LogP contribution in [-0.4, -0.2) is 47.3 Å². The first-order valence-electron chi connectivity index (χ1n) is 4.74. The van der Waals surface area contributed by atoms with Crippen LogP contribution in [0.1, 0.15) is 13.8 Å². The first kappa shape index (κ1) is 9.40. The molecule has 0 aromatic heterocycles. The second-order valence-corrected chi connectivity index (χ2v) is 4.17. The summed E-state index contributed by atoms with van der Waals surface area (Å²) >= 11 is 0. The van der Waals surface area contributed by atoms with Gasteiger partial charge in [0, 0.05) is 0 Å². The molecule has 2 rings (SSSR count). The Morgan fingerprint density at radius 3 is 2.46 bits per heavy atom. The molecule has 4 heteroatoms. The lowest BCUT2D eigenvalue weighted by molar-refractivity contribution is -0.0624. The van der Waals surface area contributed by atoms with E-state index in [0.717, 1.165) is 0 Å². The molecule has 0 aliphatic carbocycles. The Morgan fingerprint density at radius 1 is 1.23 bits per heavy atom. The van der Waals surface area contributed by atoms with E-state index in [1.165, 1.54) is 0 Å². The Labute approximate surface area is 77.5 Å². The van der Waals surface area contributed by atoms with Crippen LogP contribution in [0.5, 0.6) is 0 Å². The number of hydrogen-bond donors (Lipinski definition) is 2. The van der Waals surface area contributed by atoms with E-state index in [1.807, 2.05) is 13.8 Å². The summed E-state index contributed by atoms with van der Waals surface area (Å²) in [6.45, 7) is 4.25. The van der Waals surface area contributed by atoms with E-state index in [1.54, 1.807) is 0 Å². The average molecular weight is 188 g/mol. The van der Waals surface area contributed by atoms with Crippen LogP contribution in [0.25, 0.3) is 0 Å². The van der Waals surface area contributed by atoms with Crippen molar-refractivity contribution in [1.82, 2.24) is 0 Å². The standard InChI is InChI=1S/C9H16O4/c1-4(2)7-6(11)9-8(13-7)5(10)3-12-9/h4-11H,3H2,1-2H3/t5-,6+,7?,8-,9-/m1/s1. The minimum absolute atomic E-state index is 0.204. The smallest absolute Gasteiger partial charge is 0.115 e. The predicted octanol–water partition coefficient (Wildman–Crippen LogP) is -0.470. The van der Waals surface area contributed by atoms with Gasteiger partial charge in [0.15, 0.2) is 0 Å². The van der Waals surface area contributed by atoms with Gasteiger partial charge in [-0.2, -0.15) is 0 Å². The van der Waals surface area contributed by atoms with Crippen LogP contribution in [0.2, 0.25) is 0 Å². The molecule has 0 bridgehead atoms. The Balaban J connectivity index is 2.09. The van der Waals surface area contributed by atoms with E-state index in [2.05, 4.69) is 0 Å². The van der Waals surface area contributed by atoms with Gasteiger partial charge in [0.25, 0.3) is 0 Å². The van der Waals surface area contributed by atoms with Gasteiger partial charge in [-0.15, -0.1) is 0 Å². The molecule has 0 amide bonds. The molecule has 0 aromatic carbocycles. The minimum atomic E-state index is -0.595. The first-order valence-corrected chi connectivity index (χ1v) is 4.74. The van der Waals surface area contributed by atoms with Crippen molar-refractivity contribution < 1.29 is 19.7 Å². The van der Waals surface area contributed by atoms with Crippen molar-refractivity contribution >= 4 is 0 Å². The van der Waals surface area contributed by atoms with Gasteiger partial charge in [-0.3, -0.25) is 0 Å². The zero-order chi connectivity index (χ0) is 9.59. The quantitative estimate of drug-likeness (QED) is 0.584. The van der Waals surface area contributed by atoms with Gasteiger partial charge in [0.1, 0.15) is 24.4 Å². The summed E-state index contributed by atoms with van der Waals surface area (Å²) in [5.41, 5.74) is 0. The fourth-order valence-electron chi connectivity index (χ4n) is 2.08. The maximum Gasteiger partial charge on any atom is 0.115 e. The molecule has 0 spiro atoms. The summed E-state index contributed by atoms with van der Waals surface area (Å²) in [6, 6.07) is 0. The van der Waals surface area contributed by atoms with Crippen molar-refractivity contribution in [3.8, 4) is 0 Å². The lowest BCUT2D eigenvalue weighted by Gasteiger charge is -2.20. The largest absolute Gasteiger partial charge is 0.388 e. The third kappa shape index (κ3) is 1.38. The van der Waals surface area contributed by atoms with E-state index in [0.29, 0.717) is 0 Å². The monoisotopic (exact) mass is 188 g/mol. The number of rotatable bonds is 1. The van der Waals surface area contributed by atoms with Gasteiger partial charge in [-0.25, -0.2) is 0 Å².